The predicted octanol–water partition coefficient (Wildman–Crippen LogP) is 3.66. The number of methoxy groups -OCH3 is 1. The van der Waals surface area contributed by atoms with Gasteiger partial charge >= 0.3 is 6.03 Å². The molecule has 0 atom stereocenters. The smallest absolute Gasteiger partial charge is 0.322 e. The molecule has 1 aromatic carbocycles. The molecule has 2 rings (SSSR count). The SMILES string of the molecule is C=CCN(C(=O)Nc1ccccc1OC)C1CCCC1. The van der Waals surface area contributed by atoms with E-state index in [1.165, 1.54) is 12.8 Å². The number of anilines is 1. The van der Waals surface area contributed by atoms with Crippen LogP contribution in [0.5, 0.6) is 5.75 Å². The highest BCUT2D eigenvalue weighted by molar-refractivity contribution is 5.91. The van der Waals surface area contributed by atoms with Gasteiger partial charge in [0.2, 0.25) is 0 Å². The zero-order valence-corrected chi connectivity index (χ0v) is 12.0. The number of benzene rings is 1. The summed E-state index contributed by atoms with van der Waals surface area (Å²) in [7, 11) is 1.60. The maximum Gasteiger partial charge on any atom is 0.322 e. The molecule has 4 nitrogen and oxygen atoms in total. The first-order valence-corrected chi connectivity index (χ1v) is 7.07. The van der Waals surface area contributed by atoms with E-state index < -0.39 is 0 Å². The molecule has 1 aliphatic carbocycles. The summed E-state index contributed by atoms with van der Waals surface area (Å²) < 4.78 is 5.26. The molecule has 20 heavy (non-hydrogen) atoms. The van der Waals surface area contributed by atoms with Crippen LogP contribution in [0.2, 0.25) is 0 Å². The first kappa shape index (κ1) is 14.4. The van der Waals surface area contributed by atoms with E-state index in [0.717, 1.165) is 12.8 Å². The van der Waals surface area contributed by atoms with Crippen LogP contribution in [-0.4, -0.2) is 30.6 Å². The van der Waals surface area contributed by atoms with Crippen LogP contribution in [0.3, 0.4) is 0 Å². The van der Waals surface area contributed by atoms with Gasteiger partial charge in [-0.05, 0) is 25.0 Å². The molecule has 108 valence electrons. The number of carbonyl (C=O) groups excluding carboxylic acids is 1. The first-order chi connectivity index (χ1) is 9.76. The Hall–Kier alpha value is -1.97. The van der Waals surface area contributed by atoms with E-state index in [-0.39, 0.29) is 6.03 Å². The summed E-state index contributed by atoms with van der Waals surface area (Å²) in [5.41, 5.74) is 0.701. The summed E-state index contributed by atoms with van der Waals surface area (Å²) in [4.78, 5) is 14.3. The van der Waals surface area contributed by atoms with Gasteiger partial charge in [0.25, 0.3) is 0 Å². The second-order valence-electron chi connectivity index (χ2n) is 5.01. The van der Waals surface area contributed by atoms with Gasteiger partial charge < -0.3 is 15.0 Å². The van der Waals surface area contributed by atoms with Crippen molar-refractivity contribution in [3.63, 3.8) is 0 Å². The average molecular weight is 274 g/mol. The second kappa shape index (κ2) is 6.98. The molecule has 4 heteroatoms. The Morgan fingerprint density at radius 1 is 1.45 bits per heavy atom. The van der Waals surface area contributed by atoms with Crippen molar-refractivity contribution in [2.24, 2.45) is 0 Å². The van der Waals surface area contributed by atoms with E-state index >= 15 is 0 Å². The maximum atomic E-state index is 12.5. The van der Waals surface area contributed by atoms with Crippen LogP contribution >= 0.6 is 0 Å². The minimum Gasteiger partial charge on any atom is -0.495 e. The van der Waals surface area contributed by atoms with E-state index in [4.69, 9.17) is 4.74 Å². The van der Waals surface area contributed by atoms with Crippen LogP contribution in [0.25, 0.3) is 0 Å². The summed E-state index contributed by atoms with van der Waals surface area (Å²) >= 11 is 0. The molecule has 0 bridgehead atoms. The fraction of sp³-hybridized carbons (Fsp3) is 0.438. The summed E-state index contributed by atoms with van der Waals surface area (Å²) in [6.45, 7) is 4.32. The largest absolute Gasteiger partial charge is 0.495 e. The molecule has 1 aliphatic rings. The highest BCUT2D eigenvalue weighted by Gasteiger charge is 2.26. The fourth-order valence-corrected chi connectivity index (χ4v) is 2.69. The molecule has 0 aromatic heterocycles. The van der Waals surface area contributed by atoms with Gasteiger partial charge in [-0.1, -0.05) is 31.1 Å². The van der Waals surface area contributed by atoms with Crippen molar-refractivity contribution in [3.8, 4) is 5.75 Å². The first-order valence-electron chi connectivity index (χ1n) is 7.07. The van der Waals surface area contributed by atoms with Crippen LogP contribution < -0.4 is 10.1 Å². The number of para-hydroxylation sites is 2. The van der Waals surface area contributed by atoms with Crippen molar-refractivity contribution in [1.82, 2.24) is 4.90 Å². The summed E-state index contributed by atoms with van der Waals surface area (Å²) in [5.74, 6) is 0.672. The van der Waals surface area contributed by atoms with Gasteiger partial charge in [-0.25, -0.2) is 4.79 Å². The molecule has 2 amide bonds. The van der Waals surface area contributed by atoms with Gasteiger partial charge in [0.05, 0.1) is 12.8 Å². The fourth-order valence-electron chi connectivity index (χ4n) is 2.69. The molecule has 0 aliphatic heterocycles. The number of rotatable bonds is 5. The number of nitrogens with zero attached hydrogens (tertiary/aromatic N) is 1. The molecular weight excluding hydrogens is 252 g/mol. The van der Waals surface area contributed by atoms with E-state index in [1.807, 2.05) is 29.2 Å². The standard InChI is InChI=1S/C16H22N2O2/c1-3-12-18(13-8-4-5-9-13)16(19)17-14-10-6-7-11-15(14)20-2/h3,6-7,10-11,13H,1,4-5,8-9,12H2,2H3,(H,17,19). The van der Waals surface area contributed by atoms with Crippen molar-refractivity contribution in [2.45, 2.75) is 31.7 Å². The van der Waals surface area contributed by atoms with Gasteiger partial charge in [-0.2, -0.15) is 0 Å². The number of amides is 2. The van der Waals surface area contributed by atoms with Gasteiger partial charge in [0, 0.05) is 12.6 Å². The number of nitrogens with one attached hydrogen (secondary N) is 1. The van der Waals surface area contributed by atoms with Crippen LogP contribution in [0.15, 0.2) is 36.9 Å². The lowest BCUT2D eigenvalue weighted by atomic mass is 10.2. The summed E-state index contributed by atoms with van der Waals surface area (Å²) in [5, 5.41) is 2.94. The summed E-state index contributed by atoms with van der Waals surface area (Å²) in [6, 6.07) is 7.68. The average Bonchev–Trinajstić information content (AvgIpc) is 2.99. The van der Waals surface area contributed by atoms with Gasteiger partial charge in [0.15, 0.2) is 0 Å². The number of hydrogen-bond acceptors (Lipinski definition) is 2. The third-order valence-corrected chi connectivity index (χ3v) is 3.70. The lowest BCUT2D eigenvalue weighted by Gasteiger charge is -2.28. The molecule has 0 unspecified atom stereocenters. The van der Waals surface area contributed by atoms with Crippen molar-refractivity contribution in [2.75, 3.05) is 19.0 Å². The molecule has 1 saturated carbocycles. The van der Waals surface area contributed by atoms with E-state index in [2.05, 4.69) is 11.9 Å². The van der Waals surface area contributed by atoms with Crippen molar-refractivity contribution in [1.29, 1.82) is 0 Å². The van der Waals surface area contributed by atoms with Gasteiger partial charge in [-0.3, -0.25) is 0 Å². The number of carbonyl (C=O) groups is 1. The molecule has 0 radical (unpaired) electrons. The van der Waals surface area contributed by atoms with Crippen LogP contribution in [0.1, 0.15) is 25.7 Å². The molecular formula is C16H22N2O2. The Balaban J connectivity index is 2.09. The highest BCUT2D eigenvalue weighted by atomic mass is 16.5. The molecule has 0 heterocycles. The summed E-state index contributed by atoms with van der Waals surface area (Å²) in [6.07, 6.45) is 6.32. The molecule has 1 fully saturated rings. The van der Waals surface area contributed by atoms with Crippen LogP contribution in [-0.2, 0) is 0 Å². The monoisotopic (exact) mass is 274 g/mol. The van der Waals surface area contributed by atoms with E-state index in [1.54, 1.807) is 13.2 Å². The minimum absolute atomic E-state index is 0.0821. The second-order valence-corrected chi connectivity index (χ2v) is 5.01. The maximum absolute atomic E-state index is 12.5. The normalized spacial score (nSPS) is 14.8. The van der Waals surface area contributed by atoms with Crippen molar-refractivity contribution >= 4 is 11.7 Å². The Morgan fingerprint density at radius 2 is 2.15 bits per heavy atom. The number of ether oxygens (including phenoxy) is 1. The van der Waals surface area contributed by atoms with Crippen molar-refractivity contribution in [3.05, 3.63) is 36.9 Å². The third-order valence-electron chi connectivity index (χ3n) is 3.70. The van der Waals surface area contributed by atoms with Crippen molar-refractivity contribution < 1.29 is 9.53 Å². The topological polar surface area (TPSA) is 41.6 Å². The Bertz CT molecular complexity index is 467. The van der Waals surface area contributed by atoms with Gasteiger partial charge in [-0.15, -0.1) is 6.58 Å². The number of urea groups is 1. The van der Waals surface area contributed by atoms with Gasteiger partial charge in [0.1, 0.15) is 5.75 Å². The molecule has 0 saturated heterocycles. The zero-order valence-electron chi connectivity index (χ0n) is 12.0. The molecule has 1 aromatic rings. The van der Waals surface area contributed by atoms with Crippen LogP contribution in [0, 0.1) is 0 Å². The molecule has 1 N–H and O–H groups in total. The minimum atomic E-state index is -0.0821. The molecule has 0 spiro atoms. The lowest BCUT2D eigenvalue weighted by Crippen LogP contribution is -2.41. The third kappa shape index (κ3) is 3.32. The Morgan fingerprint density at radius 3 is 2.80 bits per heavy atom. The predicted molar refractivity (Wildman–Crippen MR) is 81.2 cm³/mol. The lowest BCUT2D eigenvalue weighted by molar-refractivity contribution is 0.196. The number of hydrogen-bond donors (Lipinski definition) is 1. The highest BCUT2D eigenvalue weighted by Crippen LogP contribution is 2.26. The van der Waals surface area contributed by atoms with Crippen LogP contribution in [0.4, 0.5) is 10.5 Å². The zero-order chi connectivity index (χ0) is 14.4. The van der Waals surface area contributed by atoms with E-state index in [9.17, 15) is 4.79 Å². The Kier molecular flexibility index (Phi) is 5.04. The Labute approximate surface area is 120 Å². The van der Waals surface area contributed by atoms with E-state index in [0.29, 0.717) is 24.0 Å². The quantitative estimate of drug-likeness (QED) is 0.833.